The molecule has 46 heavy (non-hydrogen) atoms. The summed E-state index contributed by atoms with van der Waals surface area (Å²) >= 11 is 0. The molecule has 0 spiro atoms. The van der Waals surface area contributed by atoms with Gasteiger partial charge in [-0.25, -0.2) is 9.36 Å². The van der Waals surface area contributed by atoms with Crippen LogP contribution in [0.1, 0.15) is 127 Å². The van der Waals surface area contributed by atoms with Gasteiger partial charge in [-0.1, -0.05) is 93.5 Å². The molecule has 2 heterocycles. The van der Waals surface area contributed by atoms with Gasteiger partial charge in [-0.15, -0.1) is 10.2 Å². The number of hydrogen-bond acceptors (Lipinski definition) is 9. The van der Waals surface area contributed by atoms with Crippen molar-refractivity contribution in [1.82, 2.24) is 30.0 Å². The zero-order valence-electron chi connectivity index (χ0n) is 30.7. The molecule has 0 atom stereocenters. The maximum atomic E-state index is 11.9. The summed E-state index contributed by atoms with van der Waals surface area (Å²) in [5.74, 6) is 0.815. The molecule has 0 saturated heterocycles. The van der Waals surface area contributed by atoms with E-state index in [-0.39, 0.29) is 51.3 Å². The van der Waals surface area contributed by atoms with E-state index < -0.39 is 0 Å². The van der Waals surface area contributed by atoms with Gasteiger partial charge in [-0.3, -0.25) is 19.2 Å². The molecule has 0 amide bonds. The van der Waals surface area contributed by atoms with E-state index in [0.717, 1.165) is 11.4 Å². The quantitative estimate of drug-likeness (QED) is 0.199. The van der Waals surface area contributed by atoms with E-state index in [4.69, 9.17) is 4.74 Å². The number of carbonyl (C=O) groups is 4. The van der Waals surface area contributed by atoms with Crippen molar-refractivity contribution in [2.75, 3.05) is 13.2 Å². The lowest BCUT2D eigenvalue weighted by Crippen LogP contribution is -2.25. The number of hydrogen-bond donors (Lipinski definition) is 0. The fraction of sp³-hybridized carbons (Fsp3) is 0.771. The number of ether oxygens (including phenoxy) is 1. The summed E-state index contributed by atoms with van der Waals surface area (Å²) in [4.78, 5) is 47.4. The molecule has 2 rings (SSSR count). The average molecular weight is 645 g/mol. The van der Waals surface area contributed by atoms with Gasteiger partial charge in [-0.2, -0.15) is 0 Å². The molecule has 2 aromatic rings. The largest absolute Gasteiger partial charge is 0.379 e. The van der Waals surface area contributed by atoms with Crippen LogP contribution in [0.25, 0.3) is 0 Å². The molecular weight excluding hydrogens is 584 g/mol. The van der Waals surface area contributed by atoms with Crippen molar-refractivity contribution < 1.29 is 23.9 Å². The summed E-state index contributed by atoms with van der Waals surface area (Å²) in [7, 11) is 0. The van der Waals surface area contributed by atoms with E-state index in [2.05, 4.69) is 62.2 Å². The first-order valence-electron chi connectivity index (χ1n) is 16.4. The van der Waals surface area contributed by atoms with Gasteiger partial charge < -0.3 is 4.74 Å². The minimum absolute atomic E-state index is 0.0216. The Balaban J connectivity index is 0.000000467. The van der Waals surface area contributed by atoms with Crippen molar-refractivity contribution >= 4 is 23.1 Å². The Labute approximate surface area is 276 Å². The van der Waals surface area contributed by atoms with E-state index in [0.29, 0.717) is 64.7 Å². The predicted octanol–water partition coefficient (Wildman–Crippen LogP) is 6.07. The second kappa shape index (κ2) is 17.7. The molecule has 0 aromatic carbocycles. The van der Waals surface area contributed by atoms with Gasteiger partial charge in [0.15, 0.2) is 5.78 Å². The minimum atomic E-state index is -0.380. The van der Waals surface area contributed by atoms with Crippen molar-refractivity contribution in [3.05, 3.63) is 23.8 Å². The standard InChI is InChI=1S/C19H33N3O3.C16H27N3O2/c1-18(2,3)13-16(23)8-7-15-14-22(21-20-15)10-12-25-11-9-17(24)19(4,5)6;1-15(2,3)9-13(20)8-7-12-10-19(18-17-12)11-14(21)16(4,5)6/h14H,7-13H2,1-6H3;10H,7-9,11H2,1-6H3. The Bertz CT molecular complexity index is 1270. The highest BCUT2D eigenvalue weighted by Gasteiger charge is 2.23. The number of nitrogens with zero attached hydrogens (tertiary/aromatic N) is 6. The number of rotatable bonds is 16. The maximum absolute atomic E-state index is 11.9. The Kier molecular flexibility index (Phi) is 15.8. The molecule has 11 nitrogen and oxygen atoms in total. The zero-order valence-corrected chi connectivity index (χ0v) is 30.7. The van der Waals surface area contributed by atoms with Gasteiger partial charge in [0, 0.05) is 55.3 Å². The molecule has 0 saturated carbocycles. The molecule has 260 valence electrons. The maximum Gasteiger partial charge on any atom is 0.159 e. The summed E-state index contributed by atoms with van der Waals surface area (Å²) in [6.45, 7) is 25.5. The third-order valence-electron chi connectivity index (χ3n) is 6.86. The van der Waals surface area contributed by atoms with Crippen molar-refractivity contribution in [3.8, 4) is 0 Å². The third-order valence-corrected chi connectivity index (χ3v) is 6.86. The lowest BCUT2D eigenvalue weighted by Gasteiger charge is -2.16. The van der Waals surface area contributed by atoms with Crippen LogP contribution in [0.4, 0.5) is 0 Å². The van der Waals surface area contributed by atoms with Crippen molar-refractivity contribution in [1.29, 1.82) is 0 Å². The second-order valence-corrected chi connectivity index (χ2v) is 16.6. The van der Waals surface area contributed by atoms with E-state index in [9.17, 15) is 19.2 Å². The van der Waals surface area contributed by atoms with Crippen molar-refractivity contribution in [3.63, 3.8) is 0 Å². The van der Waals surface area contributed by atoms with Crippen LogP contribution in [0.2, 0.25) is 0 Å². The highest BCUT2D eigenvalue weighted by Crippen LogP contribution is 2.21. The smallest absolute Gasteiger partial charge is 0.159 e. The first kappa shape index (κ1) is 40.9. The molecule has 0 bridgehead atoms. The minimum Gasteiger partial charge on any atom is -0.379 e. The van der Waals surface area contributed by atoms with E-state index in [1.807, 2.05) is 47.7 Å². The van der Waals surface area contributed by atoms with Crippen LogP contribution >= 0.6 is 0 Å². The van der Waals surface area contributed by atoms with E-state index >= 15 is 0 Å². The summed E-state index contributed by atoms with van der Waals surface area (Å²) in [6.07, 6.45) is 7.38. The van der Waals surface area contributed by atoms with Crippen LogP contribution in [0, 0.1) is 21.7 Å². The number of ketones is 4. The molecule has 2 aromatic heterocycles. The van der Waals surface area contributed by atoms with Crippen LogP contribution in [0.15, 0.2) is 12.4 Å². The summed E-state index contributed by atoms with van der Waals surface area (Å²) in [6, 6.07) is 0. The van der Waals surface area contributed by atoms with Gasteiger partial charge in [-0.05, 0) is 23.7 Å². The van der Waals surface area contributed by atoms with Gasteiger partial charge in [0.25, 0.3) is 0 Å². The fourth-order valence-electron chi connectivity index (χ4n) is 4.17. The summed E-state index contributed by atoms with van der Waals surface area (Å²) in [5.41, 5.74) is 0.946. The Morgan fingerprint density at radius 3 is 1.48 bits per heavy atom. The monoisotopic (exact) mass is 644 g/mol. The van der Waals surface area contributed by atoms with Crippen LogP contribution in [-0.4, -0.2) is 66.3 Å². The zero-order chi connectivity index (χ0) is 35.3. The van der Waals surface area contributed by atoms with Gasteiger partial charge in [0.2, 0.25) is 0 Å². The molecule has 0 unspecified atom stereocenters. The number of Topliss-reactive ketones (excluding diaryl/α,β-unsaturated/α-hetero) is 4. The summed E-state index contributed by atoms with van der Waals surface area (Å²) < 4.78 is 8.77. The third kappa shape index (κ3) is 18.8. The lowest BCUT2D eigenvalue weighted by atomic mass is 9.88. The average Bonchev–Trinajstić information content (AvgIpc) is 3.52. The van der Waals surface area contributed by atoms with Crippen LogP contribution < -0.4 is 0 Å². The van der Waals surface area contributed by atoms with Crippen LogP contribution in [0.5, 0.6) is 0 Å². The number of aryl methyl sites for hydroxylation is 2. The van der Waals surface area contributed by atoms with E-state index in [1.54, 1.807) is 15.6 Å². The highest BCUT2D eigenvalue weighted by atomic mass is 16.5. The van der Waals surface area contributed by atoms with Gasteiger partial charge in [0.05, 0.1) is 31.1 Å². The molecule has 0 aliphatic carbocycles. The van der Waals surface area contributed by atoms with Crippen LogP contribution in [0.3, 0.4) is 0 Å². The first-order chi connectivity index (χ1) is 20.9. The molecule has 0 fully saturated rings. The molecular formula is C35H60N6O5. The first-order valence-corrected chi connectivity index (χ1v) is 16.4. The normalized spacial score (nSPS) is 12.4. The second-order valence-electron chi connectivity index (χ2n) is 16.6. The molecule has 0 radical (unpaired) electrons. The van der Waals surface area contributed by atoms with E-state index in [1.165, 1.54) is 0 Å². The van der Waals surface area contributed by atoms with Gasteiger partial charge in [0.1, 0.15) is 23.9 Å². The fourth-order valence-corrected chi connectivity index (χ4v) is 4.17. The predicted molar refractivity (Wildman–Crippen MR) is 179 cm³/mol. The SMILES string of the molecule is CC(C)(C)CC(=O)CCc1cn(CC(=O)C(C)(C)C)nn1.CC(C)(C)CC(=O)CCc1cn(CCOCCC(=O)C(C)(C)C)nn1. The topological polar surface area (TPSA) is 139 Å². The number of aromatic nitrogens is 6. The molecule has 0 N–H and O–H groups in total. The molecule has 0 aliphatic heterocycles. The highest BCUT2D eigenvalue weighted by molar-refractivity contribution is 5.84. The lowest BCUT2D eigenvalue weighted by molar-refractivity contribution is -0.128. The van der Waals surface area contributed by atoms with Crippen LogP contribution in [-0.2, 0) is 49.8 Å². The Morgan fingerprint density at radius 1 is 0.609 bits per heavy atom. The molecule has 11 heteroatoms. The van der Waals surface area contributed by atoms with Crippen molar-refractivity contribution in [2.45, 2.75) is 141 Å². The van der Waals surface area contributed by atoms with Crippen molar-refractivity contribution in [2.24, 2.45) is 21.7 Å². The summed E-state index contributed by atoms with van der Waals surface area (Å²) in [5, 5.41) is 16.1. The Morgan fingerprint density at radius 2 is 1.04 bits per heavy atom. The number of carbonyl (C=O) groups excluding carboxylic acids is 4. The van der Waals surface area contributed by atoms with Gasteiger partial charge >= 0.3 is 0 Å². The Hall–Kier alpha value is -3.08. The molecule has 0 aliphatic rings.